The van der Waals surface area contributed by atoms with E-state index < -0.39 is 11.7 Å². The molecule has 0 spiro atoms. The monoisotopic (exact) mass is 464 g/mol. The van der Waals surface area contributed by atoms with Crippen LogP contribution >= 0.6 is 23.4 Å². The number of aromatic hydroxyl groups is 1. The molecule has 2 aromatic carbocycles. The van der Waals surface area contributed by atoms with Gasteiger partial charge < -0.3 is 14.8 Å². The van der Waals surface area contributed by atoms with Gasteiger partial charge >= 0.3 is 6.18 Å². The first-order chi connectivity index (χ1) is 14.7. The topological polar surface area (TPSA) is 74.8 Å². The van der Waals surface area contributed by atoms with Crippen LogP contribution in [-0.4, -0.2) is 16.2 Å². The number of hydrogen-bond donors (Lipinski definition) is 2. The Kier molecular flexibility index (Phi) is 5.55. The van der Waals surface area contributed by atoms with Crippen LogP contribution in [0.4, 0.5) is 23.7 Å². The number of carbonyl (C=O) groups excluding carboxylic acids is 1. The van der Waals surface area contributed by atoms with Gasteiger partial charge in [-0.3, -0.25) is 4.79 Å². The summed E-state index contributed by atoms with van der Waals surface area (Å²) in [6.45, 7) is 0. The highest BCUT2D eigenvalue weighted by molar-refractivity contribution is 8.18. The van der Waals surface area contributed by atoms with Gasteiger partial charge in [-0.15, -0.1) is 0 Å². The molecular formula is C21H12ClF3N2O3S. The third-order valence-electron chi connectivity index (χ3n) is 4.19. The van der Waals surface area contributed by atoms with Crippen molar-refractivity contribution in [2.24, 2.45) is 4.99 Å². The summed E-state index contributed by atoms with van der Waals surface area (Å²) >= 11 is 6.95. The van der Waals surface area contributed by atoms with Gasteiger partial charge in [-0.05, 0) is 60.3 Å². The van der Waals surface area contributed by atoms with Gasteiger partial charge in [0.05, 0.1) is 21.2 Å². The van der Waals surface area contributed by atoms with Crippen molar-refractivity contribution in [1.29, 1.82) is 0 Å². The number of thioether (sulfide) groups is 1. The molecule has 0 aliphatic carbocycles. The number of nitrogens with zero attached hydrogens (tertiary/aromatic N) is 1. The Morgan fingerprint density at radius 2 is 1.94 bits per heavy atom. The molecule has 5 nitrogen and oxygen atoms in total. The number of phenols is 1. The average molecular weight is 465 g/mol. The van der Waals surface area contributed by atoms with E-state index in [0.717, 1.165) is 30.0 Å². The number of alkyl halides is 3. The van der Waals surface area contributed by atoms with Crippen molar-refractivity contribution < 1.29 is 27.5 Å². The van der Waals surface area contributed by atoms with Crippen molar-refractivity contribution >= 4 is 46.2 Å². The van der Waals surface area contributed by atoms with E-state index in [1.54, 1.807) is 18.2 Å². The van der Waals surface area contributed by atoms with Crippen LogP contribution in [0, 0.1) is 0 Å². The summed E-state index contributed by atoms with van der Waals surface area (Å²) in [7, 11) is 0. The van der Waals surface area contributed by atoms with Gasteiger partial charge in [0.2, 0.25) is 0 Å². The zero-order valence-electron chi connectivity index (χ0n) is 15.4. The number of amides is 1. The molecule has 2 heterocycles. The van der Waals surface area contributed by atoms with E-state index in [1.165, 1.54) is 24.3 Å². The van der Waals surface area contributed by atoms with Gasteiger partial charge in [-0.2, -0.15) is 13.2 Å². The molecule has 3 aromatic rings. The number of rotatable bonds is 3. The van der Waals surface area contributed by atoms with E-state index in [9.17, 15) is 23.1 Å². The van der Waals surface area contributed by atoms with E-state index >= 15 is 0 Å². The molecule has 1 amide bonds. The Labute approximate surface area is 183 Å². The molecule has 1 aliphatic heterocycles. The predicted molar refractivity (Wildman–Crippen MR) is 113 cm³/mol. The van der Waals surface area contributed by atoms with Crippen molar-refractivity contribution in [2.75, 3.05) is 0 Å². The van der Waals surface area contributed by atoms with Crippen molar-refractivity contribution in [1.82, 2.24) is 5.32 Å². The standard InChI is InChI=1S/C21H12ClF3N2O3S/c22-16-6-4-11(21(23,24)25)8-15(16)17-7-5-14(30-17)10-18-19(27-20(29)31-18)26-12-2-1-3-13(28)9-12/h1-10,28H,(H,26,27,29)/b18-10-. The van der Waals surface area contributed by atoms with Crippen LogP contribution in [0.2, 0.25) is 5.02 Å². The lowest BCUT2D eigenvalue weighted by atomic mass is 10.1. The highest BCUT2D eigenvalue weighted by atomic mass is 35.5. The fourth-order valence-corrected chi connectivity index (χ4v) is 3.73. The molecule has 1 saturated heterocycles. The molecule has 10 heteroatoms. The number of amidine groups is 1. The molecule has 1 fully saturated rings. The lowest BCUT2D eigenvalue weighted by Crippen LogP contribution is -2.18. The lowest BCUT2D eigenvalue weighted by Gasteiger charge is -2.09. The van der Waals surface area contributed by atoms with Crippen molar-refractivity contribution in [3.8, 4) is 17.1 Å². The summed E-state index contributed by atoms with van der Waals surface area (Å²) < 4.78 is 44.7. The predicted octanol–water partition coefficient (Wildman–Crippen LogP) is 6.85. The second-order valence-electron chi connectivity index (χ2n) is 6.40. The minimum atomic E-state index is -4.51. The second-order valence-corrected chi connectivity index (χ2v) is 7.82. The molecule has 1 aromatic heterocycles. The summed E-state index contributed by atoms with van der Waals surface area (Å²) in [5.74, 6) is 0.733. The molecule has 4 rings (SSSR count). The molecule has 0 radical (unpaired) electrons. The lowest BCUT2D eigenvalue weighted by molar-refractivity contribution is -0.137. The maximum Gasteiger partial charge on any atom is 0.416 e. The average Bonchev–Trinajstić information content (AvgIpc) is 3.28. The molecule has 1 aliphatic rings. The Bertz CT molecular complexity index is 1230. The molecule has 0 saturated carbocycles. The highest BCUT2D eigenvalue weighted by Crippen LogP contribution is 2.37. The maximum atomic E-state index is 13.0. The van der Waals surface area contributed by atoms with E-state index in [1.807, 2.05) is 0 Å². The Morgan fingerprint density at radius 1 is 1.13 bits per heavy atom. The minimum absolute atomic E-state index is 0.0259. The highest BCUT2D eigenvalue weighted by Gasteiger charge is 2.31. The van der Waals surface area contributed by atoms with Crippen LogP contribution in [0.25, 0.3) is 17.4 Å². The number of benzene rings is 2. The van der Waals surface area contributed by atoms with E-state index in [4.69, 9.17) is 16.0 Å². The van der Waals surface area contributed by atoms with E-state index in [0.29, 0.717) is 16.4 Å². The summed E-state index contributed by atoms with van der Waals surface area (Å²) in [6.07, 6.45) is -2.98. The Morgan fingerprint density at radius 3 is 2.68 bits per heavy atom. The molecule has 0 unspecified atom stereocenters. The zero-order valence-corrected chi connectivity index (χ0v) is 17.0. The van der Waals surface area contributed by atoms with Crippen LogP contribution in [0.15, 0.2) is 68.9 Å². The fourth-order valence-electron chi connectivity index (χ4n) is 2.80. The number of hydrogen-bond acceptors (Lipinski definition) is 5. The Hall–Kier alpha value is -3.17. The largest absolute Gasteiger partial charge is 0.508 e. The van der Waals surface area contributed by atoms with Gasteiger partial charge in [-0.25, -0.2) is 4.99 Å². The van der Waals surface area contributed by atoms with Crippen LogP contribution in [0.5, 0.6) is 5.75 Å². The number of halogens is 4. The first kappa shape index (κ1) is 21.1. The van der Waals surface area contributed by atoms with E-state index in [-0.39, 0.29) is 33.2 Å². The number of phenolic OH excluding ortho intramolecular Hbond substituents is 1. The quantitative estimate of drug-likeness (QED) is 0.444. The first-order valence-electron chi connectivity index (χ1n) is 8.74. The SMILES string of the molecule is O=C1NC(=Nc2cccc(O)c2)/C(=C/c2ccc(-c3cc(C(F)(F)F)ccc3Cl)o2)S1. The summed E-state index contributed by atoms with van der Waals surface area (Å²) in [6, 6.07) is 12.2. The van der Waals surface area contributed by atoms with Gasteiger partial charge in [0.25, 0.3) is 5.24 Å². The normalized spacial score (nSPS) is 16.8. The summed E-state index contributed by atoms with van der Waals surface area (Å²) in [5.41, 5.74) is -0.312. The van der Waals surface area contributed by atoms with Crippen molar-refractivity contribution in [3.63, 3.8) is 0 Å². The zero-order chi connectivity index (χ0) is 22.2. The third-order valence-corrected chi connectivity index (χ3v) is 5.33. The maximum absolute atomic E-state index is 13.0. The molecule has 158 valence electrons. The van der Waals surface area contributed by atoms with Gasteiger partial charge in [0.15, 0.2) is 0 Å². The Balaban J connectivity index is 1.67. The van der Waals surface area contributed by atoms with Gasteiger partial charge in [-0.1, -0.05) is 17.7 Å². The van der Waals surface area contributed by atoms with Crippen LogP contribution in [0.1, 0.15) is 11.3 Å². The summed E-state index contributed by atoms with van der Waals surface area (Å²) in [4.78, 5) is 16.6. The van der Waals surface area contributed by atoms with Crippen LogP contribution in [-0.2, 0) is 6.18 Å². The number of nitrogens with one attached hydrogen (secondary N) is 1. The molecule has 2 N–H and O–H groups in total. The third kappa shape index (κ3) is 4.78. The van der Waals surface area contributed by atoms with E-state index in [2.05, 4.69) is 10.3 Å². The molecule has 0 atom stereocenters. The first-order valence-corrected chi connectivity index (χ1v) is 9.94. The number of furan rings is 1. The number of carbonyl (C=O) groups is 1. The van der Waals surface area contributed by atoms with Crippen LogP contribution in [0.3, 0.4) is 0 Å². The van der Waals surface area contributed by atoms with Crippen LogP contribution < -0.4 is 5.32 Å². The number of aliphatic imine (C=N–C) groups is 1. The fraction of sp³-hybridized carbons (Fsp3) is 0.0476. The minimum Gasteiger partial charge on any atom is -0.508 e. The molecular weight excluding hydrogens is 453 g/mol. The summed E-state index contributed by atoms with van der Waals surface area (Å²) in [5, 5.41) is 11.9. The van der Waals surface area contributed by atoms with Crippen molar-refractivity contribution in [3.05, 3.63) is 75.8 Å². The molecule has 31 heavy (non-hydrogen) atoms. The van der Waals surface area contributed by atoms with Gasteiger partial charge in [0.1, 0.15) is 23.1 Å². The second kappa shape index (κ2) is 8.16. The smallest absolute Gasteiger partial charge is 0.416 e. The van der Waals surface area contributed by atoms with Gasteiger partial charge in [0, 0.05) is 11.6 Å². The van der Waals surface area contributed by atoms with Crippen molar-refractivity contribution in [2.45, 2.75) is 6.18 Å². The molecule has 0 bridgehead atoms.